The zero-order valence-corrected chi connectivity index (χ0v) is 13.1. The second-order valence-electron chi connectivity index (χ2n) is 5.31. The van der Waals surface area contributed by atoms with Crippen LogP contribution >= 0.6 is 0 Å². The second kappa shape index (κ2) is 6.12. The molecule has 0 aliphatic carbocycles. The number of carbonyl (C=O) groups is 1. The number of rotatable bonds is 4. The van der Waals surface area contributed by atoms with Crippen molar-refractivity contribution in [1.82, 2.24) is 4.98 Å². The van der Waals surface area contributed by atoms with E-state index in [-0.39, 0.29) is 11.7 Å². The smallest absolute Gasteiger partial charge is 0.231 e. The van der Waals surface area contributed by atoms with Crippen LogP contribution < -0.4 is 5.32 Å². The number of nitrogens with one attached hydrogen (secondary N) is 1. The van der Waals surface area contributed by atoms with Gasteiger partial charge in [-0.3, -0.25) is 4.79 Å². The summed E-state index contributed by atoms with van der Waals surface area (Å²) in [6, 6.07) is 10.7. The lowest BCUT2D eigenvalue weighted by atomic mass is 10.1. The van der Waals surface area contributed by atoms with Crippen molar-refractivity contribution in [3.63, 3.8) is 0 Å². The average molecular weight is 310 g/mol. The van der Waals surface area contributed by atoms with Crippen molar-refractivity contribution < 1.29 is 14.3 Å². The lowest BCUT2D eigenvalue weighted by Crippen LogP contribution is -2.09. The molecule has 118 valence electrons. The summed E-state index contributed by atoms with van der Waals surface area (Å²) in [5, 5.41) is 12.9. The van der Waals surface area contributed by atoms with Crippen LogP contribution in [0.15, 0.2) is 40.8 Å². The van der Waals surface area contributed by atoms with Crippen LogP contribution in [0.5, 0.6) is 5.75 Å². The van der Waals surface area contributed by atoms with Crippen molar-refractivity contribution in [2.45, 2.75) is 26.7 Å². The minimum atomic E-state index is -0.0909. The first-order valence-corrected chi connectivity index (χ1v) is 7.63. The van der Waals surface area contributed by atoms with E-state index in [9.17, 15) is 9.90 Å². The summed E-state index contributed by atoms with van der Waals surface area (Å²) < 4.78 is 5.74. The molecule has 5 nitrogen and oxygen atoms in total. The molecule has 0 aliphatic rings. The fourth-order valence-corrected chi connectivity index (χ4v) is 2.34. The Labute approximate surface area is 134 Å². The largest absolute Gasteiger partial charge is 0.507 e. The first kappa shape index (κ1) is 15.1. The summed E-state index contributed by atoms with van der Waals surface area (Å²) in [5.41, 5.74) is 3.64. The summed E-state index contributed by atoms with van der Waals surface area (Å²) in [7, 11) is 0. The number of benzene rings is 2. The number of nitrogens with zero attached hydrogens (tertiary/aromatic N) is 1. The molecule has 0 fully saturated rings. The minimum Gasteiger partial charge on any atom is -0.507 e. The highest BCUT2D eigenvalue weighted by Gasteiger charge is 2.14. The number of oxazole rings is 1. The first-order valence-electron chi connectivity index (χ1n) is 7.63. The Morgan fingerprint density at radius 2 is 2.04 bits per heavy atom. The normalized spacial score (nSPS) is 10.9. The highest BCUT2D eigenvalue weighted by Crippen LogP contribution is 2.33. The van der Waals surface area contributed by atoms with E-state index < -0.39 is 0 Å². The van der Waals surface area contributed by atoms with E-state index in [0.29, 0.717) is 29.1 Å². The summed E-state index contributed by atoms with van der Waals surface area (Å²) in [5.74, 6) is 0.298. The Kier molecular flexibility index (Phi) is 4.02. The Balaban J connectivity index is 2.03. The van der Waals surface area contributed by atoms with Gasteiger partial charge in [-0.15, -0.1) is 0 Å². The van der Waals surface area contributed by atoms with E-state index in [4.69, 9.17) is 4.42 Å². The molecular formula is C18H18N2O3. The molecule has 0 atom stereocenters. The highest BCUT2D eigenvalue weighted by atomic mass is 16.3. The van der Waals surface area contributed by atoms with E-state index in [1.54, 1.807) is 19.1 Å². The Morgan fingerprint density at radius 3 is 2.78 bits per heavy atom. The van der Waals surface area contributed by atoms with E-state index in [1.165, 1.54) is 11.6 Å². The van der Waals surface area contributed by atoms with Gasteiger partial charge in [0.15, 0.2) is 5.58 Å². The summed E-state index contributed by atoms with van der Waals surface area (Å²) in [6.07, 6.45) is 1.31. The predicted molar refractivity (Wildman–Crippen MR) is 89.4 cm³/mol. The lowest BCUT2D eigenvalue weighted by molar-refractivity contribution is -0.115. The van der Waals surface area contributed by atoms with Gasteiger partial charge in [-0.25, -0.2) is 4.98 Å². The number of aryl methyl sites for hydroxylation is 1. The maximum Gasteiger partial charge on any atom is 0.231 e. The fraction of sp³-hybridized carbons (Fsp3) is 0.222. The fourth-order valence-electron chi connectivity index (χ4n) is 2.34. The third-order valence-corrected chi connectivity index (χ3v) is 3.69. The number of aromatic nitrogens is 1. The number of aromatic hydroxyl groups is 1. The molecule has 0 aliphatic heterocycles. The molecule has 2 N–H and O–H groups in total. The van der Waals surface area contributed by atoms with Gasteiger partial charge in [0.25, 0.3) is 0 Å². The third-order valence-electron chi connectivity index (χ3n) is 3.69. The van der Waals surface area contributed by atoms with Crippen LogP contribution in [0.25, 0.3) is 22.6 Å². The number of phenols is 1. The molecule has 3 aromatic rings. The molecule has 0 spiro atoms. The van der Waals surface area contributed by atoms with Gasteiger partial charge in [-0.05, 0) is 42.3 Å². The second-order valence-corrected chi connectivity index (χ2v) is 5.31. The molecular weight excluding hydrogens is 292 g/mol. The van der Waals surface area contributed by atoms with Crippen molar-refractivity contribution in [3.05, 3.63) is 42.0 Å². The Morgan fingerprint density at radius 1 is 1.22 bits per heavy atom. The number of amides is 1. The van der Waals surface area contributed by atoms with Crippen molar-refractivity contribution in [2.24, 2.45) is 0 Å². The van der Waals surface area contributed by atoms with Crippen molar-refractivity contribution >= 4 is 22.7 Å². The first-order chi connectivity index (χ1) is 11.1. The lowest BCUT2D eigenvalue weighted by Gasteiger charge is -2.06. The number of hydrogen-bond acceptors (Lipinski definition) is 4. The van der Waals surface area contributed by atoms with Gasteiger partial charge in [0.05, 0.1) is 5.56 Å². The molecule has 1 heterocycles. The molecule has 23 heavy (non-hydrogen) atoms. The van der Waals surface area contributed by atoms with E-state index in [2.05, 4.69) is 17.2 Å². The van der Waals surface area contributed by atoms with Crippen molar-refractivity contribution in [2.75, 3.05) is 5.32 Å². The van der Waals surface area contributed by atoms with Crippen LogP contribution in [0, 0.1) is 0 Å². The van der Waals surface area contributed by atoms with E-state index in [0.717, 1.165) is 11.9 Å². The summed E-state index contributed by atoms with van der Waals surface area (Å²) >= 11 is 0. The van der Waals surface area contributed by atoms with E-state index in [1.807, 2.05) is 18.2 Å². The maximum atomic E-state index is 11.5. The predicted octanol–water partition coefficient (Wildman–Crippen LogP) is 4.11. The molecule has 0 unspecified atom stereocenters. The SMILES string of the molecule is CCC(=O)Nc1ccc(O)c(-c2nc3cc(CC)ccc3o2)c1. The summed E-state index contributed by atoms with van der Waals surface area (Å²) in [4.78, 5) is 16.0. The monoisotopic (exact) mass is 310 g/mol. The van der Waals surface area contributed by atoms with Gasteiger partial charge >= 0.3 is 0 Å². The van der Waals surface area contributed by atoms with Crippen LogP contribution in [0.4, 0.5) is 5.69 Å². The molecule has 1 amide bonds. The van der Waals surface area contributed by atoms with Crippen LogP contribution in [0.2, 0.25) is 0 Å². The Bertz CT molecular complexity index is 868. The molecule has 3 rings (SSSR count). The zero-order valence-electron chi connectivity index (χ0n) is 13.1. The number of hydrogen-bond donors (Lipinski definition) is 2. The Hall–Kier alpha value is -2.82. The van der Waals surface area contributed by atoms with Crippen LogP contribution in [0.1, 0.15) is 25.8 Å². The number of anilines is 1. The highest BCUT2D eigenvalue weighted by molar-refractivity contribution is 5.91. The quantitative estimate of drug-likeness (QED) is 0.711. The van der Waals surface area contributed by atoms with Gasteiger partial charge in [0.2, 0.25) is 11.8 Å². The number of phenolic OH excluding ortho intramolecular Hbond substituents is 1. The van der Waals surface area contributed by atoms with Gasteiger partial charge in [0, 0.05) is 12.1 Å². The van der Waals surface area contributed by atoms with Crippen LogP contribution in [-0.2, 0) is 11.2 Å². The molecule has 5 heteroatoms. The molecule has 0 bridgehead atoms. The number of carbonyl (C=O) groups excluding carboxylic acids is 1. The molecule has 1 aromatic heterocycles. The molecule has 0 saturated heterocycles. The topological polar surface area (TPSA) is 75.4 Å². The molecule has 0 radical (unpaired) electrons. The standard InChI is InChI=1S/C18H18N2O3/c1-3-11-5-8-16-14(9-11)20-18(23-16)13-10-12(6-7-15(13)21)19-17(22)4-2/h5-10,21H,3-4H2,1-2H3,(H,19,22). The van der Waals surface area contributed by atoms with Crippen molar-refractivity contribution in [3.8, 4) is 17.2 Å². The average Bonchev–Trinajstić information content (AvgIpc) is 2.99. The van der Waals surface area contributed by atoms with Gasteiger partial charge in [0.1, 0.15) is 11.3 Å². The van der Waals surface area contributed by atoms with Crippen LogP contribution in [0.3, 0.4) is 0 Å². The van der Waals surface area contributed by atoms with Crippen LogP contribution in [-0.4, -0.2) is 16.0 Å². The van der Waals surface area contributed by atoms with Gasteiger partial charge in [-0.2, -0.15) is 0 Å². The maximum absolute atomic E-state index is 11.5. The zero-order chi connectivity index (χ0) is 16.4. The minimum absolute atomic E-state index is 0.0572. The van der Waals surface area contributed by atoms with Gasteiger partial charge < -0.3 is 14.8 Å². The van der Waals surface area contributed by atoms with Gasteiger partial charge in [-0.1, -0.05) is 19.9 Å². The molecule has 2 aromatic carbocycles. The molecule has 0 saturated carbocycles. The number of fused-ring (bicyclic) bond motifs is 1. The van der Waals surface area contributed by atoms with Crippen molar-refractivity contribution in [1.29, 1.82) is 0 Å². The third kappa shape index (κ3) is 3.04. The van der Waals surface area contributed by atoms with E-state index >= 15 is 0 Å². The summed E-state index contributed by atoms with van der Waals surface area (Å²) in [6.45, 7) is 3.86.